The van der Waals surface area contributed by atoms with Crippen LogP contribution in [0.4, 0.5) is 5.13 Å². The lowest BCUT2D eigenvalue weighted by Crippen LogP contribution is -2.12. The van der Waals surface area contributed by atoms with Gasteiger partial charge in [-0.3, -0.25) is 19.5 Å². The summed E-state index contributed by atoms with van der Waals surface area (Å²) in [5, 5.41) is 8.83. The second kappa shape index (κ2) is 17.5. The van der Waals surface area contributed by atoms with Crippen molar-refractivity contribution in [3.05, 3.63) is 65.0 Å². The molecule has 9 nitrogen and oxygen atoms in total. The zero-order chi connectivity index (χ0) is 26.0. The lowest BCUT2D eigenvalue weighted by Gasteiger charge is -2.15. The summed E-state index contributed by atoms with van der Waals surface area (Å²) < 4.78 is 13.2. The van der Waals surface area contributed by atoms with Crippen LogP contribution in [0.1, 0.15) is 36.1 Å². The standard InChI is InChI=1S/C16H20N4O2S2.C8H8O2.CH5N/c17-24-18-9-5-1-2-8-14(21)19-16-20-15-11-6-3-4-7-12(11)22-10-13(15)23-16;9-7-10-6-8-4-2-1-3-5-8;1-2/h3-4,6-7,18H,1-2,5,8-10,17H2,(H,19,20,21);1-5,7H,6H2;2H2,1H3. The second-order valence-corrected chi connectivity index (χ2v) is 8.95. The fraction of sp³-hybridized carbons (Fsp3) is 0.320. The van der Waals surface area contributed by atoms with Crippen LogP contribution in [-0.4, -0.2) is 31.0 Å². The Kier molecular flexibility index (Phi) is 14.2. The Bertz CT molecular complexity index is 1050. The smallest absolute Gasteiger partial charge is 0.293 e. The third-order valence-electron chi connectivity index (χ3n) is 4.87. The fourth-order valence-corrected chi connectivity index (χ4v) is 4.42. The number of nitrogens with two attached hydrogens (primary N) is 2. The van der Waals surface area contributed by atoms with Crippen molar-refractivity contribution in [2.24, 2.45) is 10.9 Å². The highest BCUT2D eigenvalue weighted by Crippen LogP contribution is 2.40. The Labute approximate surface area is 220 Å². The third kappa shape index (κ3) is 9.96. The molecule has 0 unspecified atom stereocenters. The molecule has 0 fully saturated rings. The molecule has 1 aliphatic heterocycles. The molecule has 0 atom stereocenters. The maximum Gasteiger partial charge on any atom is 0.293 e. The summed E-state index contributed by atoms with van der Waals surface area (Å²) in [6.45, 7) is 2.19. The molecule has 194 valence electrons. The van der Waals surface area contributed by atoms with Gasteiger partial charge in [0.05, 0.1) is 10.6 Å². The Morgan fingerprint density at radius 1 is 1.14 bits per heavy atom. The first-order chi connectivity index (χ1) is 17.7. The van der Waals surface area contributed by atoms with Crippen LogP contribution in [0.3, 0.4) is 0 Å². The number of thiazole rings is 1. The van der Waals surface area contributed by atoms with Crippen molar-refractivity contribution in [3.8, 4) is 17.0 Å². The number of anilines is 1. The number of nitrogens with one attached hydrogen (secondary N) is 2. The van der Waals surface area contributed by atoms with Gasteiger partial charge in [0.15, 0.2) is 5.13 Å². The van der Waals surface area contributed by atoms with E-state index in [0.29, 0.717) is 31.2 Å². The number of unbranched alkanes of at least 4 members (excludes halogenated alkanes) is 2. The van der Waals surface area contributed by atoms with Gasteiger partial charge in [-0.15, -0.1) is 0 Å². The topological polar surface area (TPSA) is 142 Å². The molecule has 1 amide bonds. The number of carbonyl (C=O) groups excluding carboxylic acids is 2. The largest absolute Gasteiger partial charge is 0.487 e. The van der Waals surface area contributed by atoms with E-state index in [1.807, 2.05) is 54.6 Å². The van der Waals surface area contributed by atoms with Gasteiger partial charge < -0.3 is 20.5 Å². The SMILES string of the molecule is CN.NSNCCCCCC(=O)Nc1nc2c(s1)COc1ccccc1-2.O=COCc1ccccc1. The zero-order valence-corrected chi connectivity index (χ0v) is 21.9. The van der Waals surface area contributed by atoms with Crippen LogP contribution >= 0.6 is 23.5 Å². The molecular formula is C25H33N5O4S2. The van der Waals surface area contributed by atoms with Crippen molar-refractivity contribution in [3.63, 3.8) is 0 Å². The molecule has 0 saturated carbocycles. The number of amides is 1. The molecule has 1 aromatic heterocycles. The molecule has 36 heavy (non-hydrogen) atoms. The van der Waals surface area contributed by atoms with Crippen molar-refractivity contribution >= 4 is 41.0 Å². The molecule has 0 bridgehead atoms. The number of para-hydroxylation sites is 1. The molecule has 2 heterocycles. The number of ether oxygens (including phenoxy) is 2. The Morgan fingerprint density at radius 2 is 1.89 bits per heavy atom. The van der Waals surface area contributed by atoms with Crippen LogP contribution in [0.2, 0.25) is 0 Å². The first kappa shape index (κ1) is 29.3. The first-order valence-corrected chi connectivity index (χ1v) is 13.2. The van der Waals surface area contributed by atoms with Gasteiger partial charge in [-0.05, 0) is 37.6 Å². The number of rotatable bonds is 11. The summed E-state index contributed by atoms with van der Waals surface area (Å²) >= 11 is 2.61. The maximum absolute atomic E-state index is 12.0. The molecule has 0 spiro atoms. The molecule has 2 aromatic carbocycles. The number of fused-ring (bicyclic) bond motifs is 3. The summed E-state index contributed by atoms with van der Waals surface area (Å²) in [5.41, 5.74) is 7.41. The molecule has 3 aromatic rings. The number of aromatic nitrogens is 1. The van der Waals surface area contributed by atoms with Crippen LogP contribution in [-0.2, 0) is 27.5 Å². The Hall–Kier alpha value is -2.96. The van der Waals surface area contributed by atoms with E-state index in [-0.39, 0.29) is 5.91 Å². The quantitative estimate of drug-likeness (QED) is 0.162. The summed E-state index contributed by atoms with van der Waals surface area (Å²) in [7, 11) is 1.50. The fourth-order valence-electron chi connectivity index (χ4n) is 3.25. The van der Waals surface area contributed by atoms with Gasteiger partial charge in [-0.25, -0.2) is 4.98 Å². The maximum atomic E-state index is 12.0. The van der Waals surface area contributed by atoms with E-state index < -0.39 is 0 Å². The second-order valence-electron chi connectivity index (χ2n) is 7.34. The predicted octanol–water partition coefficient (Wildman–Crippen LogP) is 4.25. The third-order valence-corrected chi connectivity index (χ3v) is 6.19. The average Bonchev–Trinajstić information content (AvgIpc) is 3.34. The van der Waals surface area contributed by atoms with E-state index in [2.05, 4.69) is 25.5 Å². The number of hydrogen-bond donors (Lipinski definition) is 4. The van der Waals surface area contributed by atoms with Gasteiger partial charge in [-0.2, -0.15) is 0 Å². The van der Waals surface area contributed by atoms with E-state index in [4.69, 9.17) is 9.88 Å². The van der Waals surface area contributed by atoms with Crippen LogP contribution < -0.4 is 25.6 Å². The lowest BCUT2D eigenvalue weighted by atomic mass is 10.1. The van der Waals surface area contributed by atoms with Crippen molar-refractivity contribution in [1.82, 2.24) is 9.71 Å². The molecule has 0 aliphatic carbocycles. The normalized spacial score (nSPS) is 10.8. The summed E-state index contributed by atoms with van der Waals surface area (Å²) in [4.78, 5) is 27.4. The minimum Gasteiger partial charge on any atom is -0.487 e. The number of hydrogen-bond acceptors (Lipinski definition) is 10. The Morgan fingerprint density at radius 3 is 2.64 bits per heavy atom. The van der Waals surface area contributed by atoms with Gasteiger partial charge >= 0.3 is 0 Å². The molecule has 11 heteroatoms. The highest BCUT2D eigenvalue weighted by molar-refractivity contribution is 7.95. The van der Waals surface area contributed by atoms with E-state index >= 15 is 0 Å². The van der Waals surface area contributed by atoms with E-state index in [1.165, 1.54) is 18.4 Å². The molecule has 4 rings (SSSR count). The molecule has 1 aliphatic rings. The first-order valence-electron chi connectivity index (χ1n) is 11.5. The summed E-state index contributed by atoms with van der Waals surface area (Å²) in [6.07, 6.45) is 3.38. The van der Waals surface area contributed by atoms with Gasteiger partial charge in [0.2, 0.25) is 5.91 Å². The average molecular weight is 532 g/mol. The lowest BCUT2D eigenvalue weighted by molar-refractivity contribution is -0.129. The predicted molar refractivity (Wildman–Crippen MR) is 146 cm³/mol. The van der Waals surface area contributed by atoms with Gasteiger partial charge in [0, 0.05) is 30.7 Å². The van der Waals surface area contributed by atoms with E-state index in [9.17, 15) is 9.59 Å². The van der Waals surface area contributed by atoms with Crippen LogP contribution in [0.5, 0.6) is 5.75 Å². The highest BCUT2D eigenvalue weighted by atomic mass is 32.2. The molecule has 0 radical (unpaired) electrons. The molecule has 0 saturated heterocycles. The van der Waals surface area contributed by atoms with Crippen LogP contribution in [0.15, 0.2) is 54.6 Å². The minimum absolute atomic E-state index is 0.0106. The van der Waals surface area contributed by atoms with Crippen LogP contribution in [0, 0.1) is 0 Å². The van der Waals surface area contributed by atoms with Gasteiger partial charge in [0.1, 0.15) is 19.0 Å². The zero-order valence-electron chi connectivity index (χ0n) is 20.3. The van der Waals surface area contributed by atoms with Gasteiger partial charge in [0.25, 0.3) is 6.47 Å². The monoisotopic (exact) mass is 531 g/mol. The summed E-state index contributed by atoms with van der Waals surface area (Å²) in [6, 6.07) is 17.4. The minimum atomic E-state index is 0.0106. The number of benzene rings is 2. The van der Waals surface area contributed by atoms with Gasteiger partial charge in [-0.1, -0.05) is 60.2 Å². The van der Waals surface area contributed by atoms with Crippen molar-refractivity contribution in [2.45, 2.75) is 38.9 Å². The molecular weight excluding hydrogens is 498 g/mol. The van der Waals surface area contributed by atoms with Crippen molar-refractivity contribution in [1.29, 1.82) is 0 Å². The van der Waals surface area contributed by atoms with Crippen LogP contribution in [0.25, 0.3) is 11.3 Å². The van der Waals surface area contributed by atoms with E-state index in [1.54, 1.807) is 0 Å². The Balaban J connectivity index is 0.000000318. The number of nitrogens with zero attached hydrogens (tertiary/aromatic N) is 1. The van der Waals surface area contributed by atoms with E-state index in [0.717, 1.165) is 65.4 Å². The number of carbonyl (C=O) groups is 2. The van der Waals surface area contributed by atoms with Crippen molar-refractivity contribution in [2.75, 3.05) is 18.9 Å². The van der Waals surface area contributed by atoms with Crippen molar-refractivity contribution < 1.29 is 19.1 Å². The molecule has 6 N–H and O–H groups in total. The summed E-state index contributed by atoms with van der Waals surface area (Å²) in [5.74, 6) is 0.855. The highest BCUT2D eigenvalue weighted by Gasteiger charge is 2.22.